The molecule has 5 heteroatoms. The number of nitrogens with one attached hydrogen (secondary N) is 1. The van der Waals surface area contributed by atoms with E-state index in [9.17, 15) is 4.79 Å². The summed E-state index contributed by atoms with van der Waals surface area (Å²) in [7, 11) is 0. The molecule has 0 aliphatic heterocycles. The number of anilines is 1. The number of benzene rings is 2. The van der Waals surface area contributed by atoms with Crippen molar-refractivity contribution in [1.29, 1.82) is 0 Å². The summed E-state index contributed by atoms with van der Waals surface area (Å²) in [5, 5.41) is 2.89. The van der Waals surface area contributed by atoms with Gasteiger partial charge in [0.1, 0.15) is 0 Å². The van der Waals surface area contributed by atoms with Crippen LogP contribution in [0.4, 0.5) is 5.69 Å². The highest BCUT2D eigenvalue weighted by atomic mass is 79.9. The molecule has 1 N–H and O–H groups in total. The fraction of sp³-hybridized carbons (Fsp3) is 0.0714. The van der Waals surface area contributed by atoms with Crippen molar-refractivity contribution in [3.63, 3.8) is 0 Å². The Morgan fingerprint density at radius 1 is 1.00 bits per heavy atom. The third-order valence-corrected chi connectivity index (χ3v) is 4.27. The van der Waals surface area contributed by atoms with Crippen LogP contribution in [0.2, 0.25) is 0 Å². The van der Waals surface area contributed by atoms with Gasteiger partial charge in [0, 0.05) is 19.0 Å². The Labute approximate surface area is 137 Å². The van der Waals surface area contributed by atoms with Gasteiger partial charge in [-0.2, -0.15) is 0 Å². The Hall–Kier alpha value is -0.650. The van der Waals surface area contributed by atoms with Gasteiger partial charge in [0.15, 0.2) is 0 Å². The van der Waals surface area contributed by atoms with Gasteiger partial charge in [-0.15, -0.1) is 0 Å². The van der Waals surface area contributed by atoms with E-state index in [0.29, 0.717) is 11.3 Å². The number of aryl methyl sites for hydroxylation is 1. The van der Waals surface area contributed by atoms with Crippen molar-refractivity contribution < 1.29 is 4.79 Å². The van der Waals surface area contributed by atoms with E-state index in [4.69, 9.17) is 0 Å². The smallest absolute Gasteiger partial charge is 0.255 e. The van der Waals surface area contributed by atoms with Crippen LogP contribution in [-0.2, 0) is 0 Å². The van der Waals surface area contributed by atoms with E-state index in [2.05, 4.69) is 53.1 Å². The molecule has 19 heavy (non-hydrogen) atoms. The lowest BCUT2D eigenvalue weighted by Gasteiger charge is -2.10. The molecule has 0 radical (unpaired) electrons. The fourth-order valence-electron chi connectivity index (χ4n) is 1.55. The number of hydrogen-bond donors (Lipinski definition) is 1. The molecule has 2 aromatic carbocycles. The Morgan fingerprint density at radius 3 is 2.05 bits per heavy atom. The highest BCUT2D eigenvalue weighted by Crippen LogP contribution is 2.34. The molecule has 0 atom stereocenters. The second kappa shape index (κ2) is 6.20. The van der Waals surface area contributed by atoms with E-state index in [1.165, 1.54) is 0 Å². The normalized spacial score (nSPS) is 10.3. The Kier molecular flexibility index (Phi) is 4.81. The van der Waals surface area contributed by atoms with Crippen molar-refractivity contribution in [2.75, 3.05) is 5.32 Å². The van der Waals surface area contributed by atoms with Crippen LogP contribution in [0.15, 0.2) is 49.8 Å². The van der Waals surface area contributed by atoms with Gasteiger partial charge in [0.25, 0.3) is 5.91 Å². The van der Waals surface area contributed by atoms with E-state index >= 15 is 0 Å². The summed E-state index contributed by atoms with van der Waals surface area (Å²) in [5.41, 5.74) is 2.48. The van der Waals surface area contributed by atoms with E-state index in [1.54, 1.807) is 0 Å². The number of rotatable bonds is 2. The summed E-state index contributed by atoms with van der Waals surface area (Å²) in [6.45, 7) is 1.99. The lowest BCUT2D eigenvalue weighted by atomic mass is 10.1. The first-order valence-electron chi connectivity index (χ1n) is 5.50. The van der Waals surface area contributed by atoms with Crippen LogP contribution in [0.25, 0.3) is 0 Å². The summed E-state index contributed by atoms with van der Waals surface area (Å²) < 4.78 is 2.56. The Balaban J connectivity index is 2.26. The molecule has 0 fully saturated rings. The maximum Gasteiger partial charge on any atom is 0.255 e. The van der Waals surface area contributed by atoms with Crippen LogP contribution < -0.4 is 5.32 Å². The zero-order chi connectivity index (χ0) is 14.0. The van der Waals surface area contributed by atoms with Gasteiger partial charge in [-0.3, -0.25) is 4.79 Å². The van der Waals surface area contributed by atoms with Crippen LogP contribution in [0.1, 0.15) is 15.9 Å². The molecule has 0 aliphatic rings. The van der Waals surface area contributed by atoms with Crippen molar-refractivity contribution in [1.82, 2.24) is 0 Å². The molecule has 0 heterocycles. The SMILES string of the molecule is Cc1ccc(C(=O)Nc2c(Br)cc(Br)cc2Br)cc1. The molecule has 0 spiro atoms. The molecule has 0 bridgehead atoms. The lowest BCUT2D eigenvalue weighted by molar-refractivity contribution is 0.102. The molecule has 2 nitrogen and oxygen atoms in total. The summed E-state index contributed by atoms with van der Waals surface area (Å²) in [5.74, 6) is -0.135. The minimum absolute atomic E-state index is 0.135. The van der Waals surface area contributed by atoms with Crippen molar-refractivity contribution in [3.8, 4) is 0 Å². The predicted octanol–water partition coefficient (Wildman–Crippen LogP) is 5.53. The molecule has 0 aliphatic carbocycles. The summed E-state index contributed by atoms with van der Waals surface area (Å²) in [4.78, 5) is 12.2. The zero-order valence-corrected chi connectivity index (χ0v) is 14.8. The van der Waals surface area contributed by atoms with Gasteiger partial charge in [0.2, 0.25) is 0 Å². The largest absolute Gasteiger partial charge is 0.320 e. The summed E-state index contributed by atoms with van der Waals surface area (Å²) >= 11 is 10.3. The number of hydrogen-bond acceptors (Lipinski definition) is 1. The van der Waals surface area contributed by atoms with Crippen LogP contribution in [0.3, 0.4) is 0 Å². The van der Waals surface area contributed by atoms with Gasteiger partial charge in [0.05, 0.1) is 5.69 Å². The summed E-state index contributed by atoms with van der Waals surface area (Å²) in [6.07, 6.45) is 0. The van der Waals surface area contributed by atoms with Crippen molar-refractivity contribution >= 4 is 59.4 Å². The standard InChI is InChI=1S/C14H10Br3NO/c1-8-2-4-9(5-3-8)14(19)18-13-11(16)6-10(15)7-12(13)17/h2-7H,1H3,(H,18,19). The van der Waals surface area contributed by atoms with Gasteiger partial charge in [-0.05, 0) is 63.0 Å². The molecule has 0 unspecified atom stereocenters. The third kappa shape index (κ3) is 3.68. The molecule has 0 saturated heterocycles. The lowest BCUT2D eigenvalue weighted by Crippen LogP contribution is -2.12. The average Bonchev–Trinajstić information content (AvgIpc) is 2.34. The van der Waals surface area contributed by atoms with E-state index in [0.717, 1.165) is 19.0 Å². The monoisotopic (exact) mass is 445 g/mol. The third-order valence-electron chi connectivity index (χ3n) is 2.56. The highest BCUT2D eigenvalue weighted by molar-refractivity contribution is 9.11. The predicted molar refractivity (Wildman–Crippen MR) is 88.7 cm³/mol. The van der Waals surface area contributed by atoms with Crippen LogP contribution in [0, 0.1) is 6.92 Å². The quantitative estimate of drug-likeness (QED) is 0.643. The minimum atomic E-state index is -0.135. The molecule has 0 saturated carbocycles. The average molecular weight is 448 g/mol. The van der Waals surface area contributed by atoms with E-state index < -0.39 is 0 Å². The molecular weight excluding hydrogens is 438 g/mol. The van der Waals surface area contributed by atoms with Crippen LogP contribution >= 0.6 is 47.8 Å². The topological polar surface area (TPSA) is 29.1 Å². The highest BCUT2D eigenvalue weighted by Gasteiger charge is 2.11. The maximum atomic E-state index is 12.2. The molecular formula is C14H10Br3NO. The fourth-order valence-corrected chi connectivity index (χ4v) is 4.01. The molecule has 98 valence electrons. The maximum absolute atomic E-state index is 12.2. The number of carbonyl (C=O) groups excluding carboxylic acids is 1. The summed E-state index contributed by atoms with van der Waals surface area (Å²) in [6, 6.07) is 11.2. The van der Waals surface area contributed by atoms with Gasteiger partial charge in [-0.25, -0.2) is 0 Å². The number of amides is 1. The second-order valence-electron chi connectivity index (χ2n) is 4.06. The van der Waals surface area contributed by atoms with Crippen molar-refractivity contribution in [2.24, 2.45) is 0 Å². The Morgan fingerprint density at radius 2 is 1.53 bits per heavy atom. The van der Waals surface area contributed by atoms with Crippen LogP contribution in [0.5, 0.6) is 0 Å². The van der Waals surface area contributed by atoms with Gasteiger partial charge in [-0.1, -0.05) is 33.6 Å². The van der Waals surface area contributed by atoms with Crippen molar-refractivity contribution in [3.05, 3.63) is 60.9 Å². The van der Waals surface area contributed by atoms with E-state index in [-0.39, 0.29) is 5.91 Å². The number of halogens is 3. The molecule has 1 amide bonds. The first-order valence-corrected chi connectivity index (χ1v) is 7.88. The first kappa shape index (κ1) is 14.8. The van der Waals surface area contributed by atoms with Crippen molar-refractivity contribution in [2.45, 2.75) is 6.92 Å². The zero-order valence-electron chi connectivity index (χ0n) is 10.0. The second-order valence-corrected chi connectivity index (χ2v) is 6.69. The minimum Gasteiger partial charge on any atom is -0.320 e. The molecule has 2 rings (SSSR count). The molecule has 2 aromatic rings. The van der Waals surface area contributed by atoms with Crippen LogP contribution in [-0.4, -0.2) is 5.91 Å². The molecule has 0 aromatic heterocycles. The van der Waals surface area contributed by atoms with E-state index in [1.807, 2.05) is 43.3 Å². The number of carbonyl (C=O) groups is 1. The van der Waals surface area contributed by atoms with Gasteiger partial charge >= 0.3 is 0 Å². The first-order chi connectivity index (χ1) is 8.97. The Bertz CT molecular complexity index is 600. The van der Waals surface area contributed by atoms with Gasteiger partial charge < -0.3 is 5.32 Å².